The molecule has 0 aliphatic carbocycles. The predicted octanol–water partition coefficient (Wildman–Crippen LogP) is 4.86. The molecule has 1 nitrogen and oxygen atoms in total. The van der Waals surface area contributed by atoms with Crippen molar-refractivity contribution in [3.05, 3.63) is 57.8 Å². The van der Waals surface area contributed by atoms with Gasteiger partial charge in [0, 0.05) is 21.8 Å². The molecule has 2 heteroatoms. The molecule has 18 heavy (non-hydrogen) atoms. The first-order chi connectivity index (χ1) is 8.70. The van der Waals surface area contributed by atoms with E-state index in [0.29, 0.717) is 12.1 Å². The Hall–Kier alpha value is -1.12. The van der Waals surface area contributed by atoms with Crippen LogP contribution >= 0.6 is 11.3 Å². The lowest BCUT2D eigenvalue weighted by atomic mass is 10.0. The van der Waals surface area contributed by atoms with E-state index >= 15 is 0 Å². The van der Waals surface area contributed by atoms with Crippen molar-refractivity contribution in [3.63, 3.8) is 0 Å². The van der Waals surface area contributed by atoms with Gasteiger partial charge in [0.15, 0.2) is 0 Å². The van der Waals surface area contributed by atoms with Gasteiger partial charge in [-0.25, -0.2) is 0 Å². The molecule has 2 aromatic rings. The minimum atomic E-state index is 0.411. The lowest BCUT2D eigenvalue weighted by Gasteiger charge is -2.22. The van der Waals surface area contributed by atoms with Crippen LogP contribution in [0, 0.1) is 6.92 Å². The fourth-order valence-corrected chi connectivity index (χ4v) is 3.09. The summed E-state index contributed by atoms with van der Waals surface area (Å²) in [4.78, 5) is 2.80. The van der Waals surface area contributed by atoms with E-state index in [-0.39, 0.29) is 0 Å². The molecule has 0 bridgehead atoms. The summed E-state index contributed by atoms with van der Waals surface area (Å²) in [7, 11) is 0. The summed E-state index contributed by atoms with van der Waals surface area (Å²) < 4.78 is 0. The first-order valence-electron chi connectivity index (χ1n) is 6.58. The third kappa shape index (κ3) is 3.21. The number of benzene rings is 1. The lowest BCUT2D eigenvalue weighted by molar-refractivity contribution is 0.460. The summed E-state index contributed by atoms with van der Waals surface area (Å²) in [6, 6.07) is 16.0. The van der Waals surface area contributed by atoms with Crippen molar-refractivity contribution in [3.8, 4) is 0 Å². The summed E-state index contributed by atoms with van der Waals surface area (Å²) in [6.07, 6.45) is 1.11. The van der Waals surface area contributed by atoms with Crippen molar-refractivity contribution < 1.29 is 0 Å². The summed E-state index contributed by atoms with van der Waals surface area (Å²) in [5, 5.41) is 3.72. The molecule has 0 fully saturated rings. The number of aryl methyl sites for hydroxylation is 1. The van der Waals surface area contributed by atoms with Crippen LogP contribution in [0.3, 0.4) is 0 Å². The van der Waals surface area contributed by atoms with Crippen LogP contribution in [-0.2, 0) is 0 Å². The monoisotopic (exact) mass is 259 g/mol. The topological polar surface area (TPSA) is 12.0 Å². The molecular weight excluding hydrogens is 238 g/mol. The quantitative estimate of drug-likeness (QED) is 0.808. The molecule has 1 aromatic heterocycles. The maximum Gasteiger partial charge on any atom is 0.0391 e. The SMILES string of the molecule is CCC(NC(C)c1ccc(C)s1)c1ccccc1. The first kappa shape index (κ1) is 13.3. The van der Waals surface area contributed by atoms with Gasteiger partial charge in [0.1, 0.15) is 0 Å². The third-order valence-corrected chi connectivity index (χ3v) is 4.43. The van der Waals surface area contributed by atoms with Gasteiger partial charge in [-0.3, -0.25) is 0 Å². The molecule has 1 heterocycles. The van der Waals surface area contributed by atoms with Gasteiger partial charge in [-0.15, -0.1) is 11.3 Å². The highest BCUT2D eigenvalue weighted by Gasteiger charge is 2.14. The first-order valence-corrected chi connectivity index (χ1v) is 7.39. The van der Waals surface area contributed by atoms with Crippen LogP contribution in [-0.4, -0.2) is 0 Å². The summed E-state index contributed by atoms with van der Waals surface area (Å²) >= 11 is 1.88. The highest BCUT2D eigenvalue weighted by Crippen LogP contribution is 2.26. The van der Waals surface area contributed by atoms with E-state index in [1.54, 1.807) is 0 Å². The Morgan fingerprint density at radius 3 is 2.39 bits per heavy atom. The van der Waals surface area contributed by atoms with Gasteiger partial charge < -0.3 is 5.32 Å². The molecule has 2 rings (SSSR count). The zero-order valence-electron chi connectivity index (χ0n) is 11.3. The maximum absolute atomic E-state index is 3.72. The van der Waals surface area contributed by atoms with Crippen molar-refractivity contribution in [2.45, 2.75) is 39.3 Å². The minimum absolute atomic E-state index is 0.411. The van der Waals surface area contributed by atoms with E-state index in [2.05, 4.69) is 68.6 Å². The number of hydrogen-bond donors (Lipinski definition) is 1. The van der Waals surface area contributed by atoms with E-state index in [0.717, 1.165) is 6.42 Å². The fourth-order valence-electron chi connectivity index (χ4n) is 2.21. The van der Waals surface area contributed by atoms with Crippen LogP contribution in [0.2, 0.25) is 0 Å². The van der Waals surface area contributed by atoms with Crippen molar-refractivity contribution in [1.29, 1.82) is 0 Å². The van der Waals surface area contributed by atoms with Gasteiger partial charge in [-0.05, 0) is 38.0 Å². The summed E-state index contributed by atoms with van der Waals surface area (Å²) in [6.45, 7) is 6.64. The van der Waals surface area contributed by atoms with Crippen LogP contribution in [0.5, 0.6) is 0 Å². The van der Waals surface area contributed by atoms with Gasteiger partial charge in [0.25, 0.3) is 0 Å². The molecule has 2 atom stereocenters. The molecule has 0 saturated carbocycles. The predicted molar refractivity (Wildman–Crippen MR) is 80.1 cm³/mol. The Labute approximate surface area is 114 Å². The third-order valence-electron chi connectivity index (χ3n) is 3.25. The highest BCUT2D eigenvalue weighted by atomic mass is 32.1. The van der Waals surface area contributed by atoms with Crippen LogP contribution in [0.15, 0.2) is 42.5 Å². The van der Waals surface area contributed by atoms with Crippen LogP contribution in [0.1, 0.15) is 47.7 Å². The van der Waals surface area contributed by atoms with Gasteiger partial charge in [-0.2, -0.15) is 0 Å². The minimum Gasteiger partial charge on any atom is -0.303 e. The molecule has 96 valence electrons. The molecule has 1 N–H and O–H groups in total. The highest BCUT2D eigenvalue weighted by molar-refractivity contribution is 7.12. The average molecular weight is 259 g/mol. The maximum atomic E-state index is 3.72. The van der Waals surface area contributed by atoms with E-state index < -0.39 is 0 Å². The van der Waals surface area contributed by atoms with Gasteiger partial charge in [-0.1, -0.05) is 37.3 Å². The average Bonchev–Trinajstić information content (AvgIpc) is 2.83. The Bertz CT molecular complexity index is 475. The van der Waals surface area contributed by atoms with E-state index in [1.165, 1.54) is 15.3 Å². The van der Waals surface area contributed by atoms with Crippen molar-refractivity contribution >= 4 is 11.3 Å². The second-order valence-corrected chi connectivity index (χ2v) is 6.03. The van der Waals surface area contributed by atoms with Crippen molar-refractivity contribution in [1.82, 2.24) is 5.32 Å². The number of nitrogens with one attached hydrogen (secondary N) is 1. The van der Waals surface area contributed by atoms with Gasteiger partial charge in [0.05, 0.1) is 0 Å². The zero-order chi connectivity index (χ0) is 13.0. The molecule has 0 radical (unpaired) electrons. The van der Waals surface area contributed by atoms with E-state index in [1.807, 2.05) is 11.3 Å². The van der Waals surface area contributed by atoms with E-state index in [4.69, 9.17) is 0 Å². The standard InChI is InChI=1S/C16H21NS/c1-4-15(14-8-6-5-7-9-14)17-13(3)16-11-10-12(2)18-16/h5-11,13,15,17H,4H2,1-3H3. The largest absolute Gasteiger partial charge is 0.303 e. The molecule has 0 spiro atoms. The molecule has 2 unspecified atom stereocenters. The van der Waals surface area contributed by atoms with Crippen LogP contribution in [0.4, 0.5) is 0 Å². The second-order valence-electron chi connectivity index (χ2n) is 4.71. The molecule has 0 saturated heterocycles. The lowest BCUT2D eigenvalue weighted by Crippen LogP contribution is -2.23. The molecule has 0 aliphatic rings. The normalized spacial score (nSPS) is 14.4. The summed E-state index contributed by atoms with van der Waals surface area (Å²) in [5.41, 5.74) is 1.38. The Morgan fingerprint density at radius 2 is 1.83 bits per heavy atom. The smallest absolute Gasteiger partial charge is 0.0391 e. The van der Waals surface area contributed by atoms with Crippen LogP contribution < -0.4 is 5.32 Å². The molecule has 0 aliphatic heterocycles. The number of thiophene rings is 1. The van der Waals surface area contributed by atoms with E-state index in [9.17, 15) is 0 Å². The Morgan fingerprint density at radius 1 is 1.11 bits per heavy atom. The Balaban J connectivity index is 2.07. The zero-order valence-corrected chi connectivity index (χ0v) is 12.1. The van der Waals surface area contributed by atoms with Crippen molar-refractivity contribution in [2.75, 3.05) is 0 Å². The Kier molecular flexibility index (Phi) is 4.56. The molecule has 0 amide bonds. The molecule has 1 aromatic carbocycles. The van der Waals surface area contributed by atoms with Gasteiger partial charge >= 0.3 is 0 Å². The number of hydrogen-bond acceptors (Lipinski definition) is 2. The second kappa shape index (κ2) is 6.17. The molecular formula is C16H21NS. The van der Waals surface area contributed by atoms with Crippen molar-refractivity contribution in [2.24, 2.45) is 0 Å². The number of rotatable bonds is 5. The summed E-state index contributed by atoms with van der Waals surface area (Å²) in [5.74, 6) is 0. The van der Waals surface area contributed by atoms with Crippen LogP contribution in [0.25, 0.3) is 0 Å². The van der Waals surface area contributed by atoms with Gasteiger partial charge in [0.2, 0.25) is 0 Å². The fraction of sp³-hybridized carbons (Fsp3) is 0.375.